The van der Waals surface area contributed by atoms with E-state index in [1.165, 1.54) is 0 Å². The van der Waals surface area contributed by atoms with E-state index >= 15 is 0 Å². The zero-order chi connectivity index (χ0) is 12.5. The van der Waals surface area contributed by atoms with Crippen LogP contribution in [0.5, 0.6) is 5.88 Å². The molecule has 0 saturated heterocycles. The van der Waals surface area contributed by atoms with Crippen molar-refractivity contribution in [2.45, 2.75) is 11.3 Å². The van der Waals surface area contributed by atoms with E-state index in [1.807, 2.05) is 0 Å². The molecule has 1 aromatic rings. The van der Waals surface area contributed by atoms with Crippen molar-refractivity contribution in [1.82, 2.24) is 4.98 Å². The molecule has 0 amide bonds. The Morgan fingerprint density at radius 1 is 1.56 bits per heavy atom. The first-order valence-corrected chi connectivity index (χ1v) is 6.85. The molecule has 0 radical (unpaired) electrons. The summed E-state index contributed by atoms with van der Waals surface area (Å²) >= 11 is 2.78. The fraction of sp³-hybridized carbons (Fsp3) is 0.286. The van der Waals surface area contributed by atoms with Crippen LogP contribution in [0, 0.1) is 0 Å². The van der Waals surface area contributed by atoms with Gasteiger partial charge in [0.15, 0.2) is 0 Å². The van der Waals surface area contributed by atoms with Crippen LogP contribution in [0.15, 0.2) is 15.6 Å². The van der Waals surface area contributed by atoms with Gasteiger partial charge in [0, 0.05) is 10.7 Å². The van der Waals surface area contributed by atoms with Crippen LogP contribution in [0.25, 0.3) is 0 Å². The number of halogens is 4. The number of alkyl halides is 2. The first-order valence-electron chi connectivity index (χ1n) is 3.74. The maximum Gasteiger partial charge on any atom is 0.266 e. The van der Waals surface area contributed by atoms with Crippen LogP contribution < -0.4 is 4.74 Å². The maximum atomic E-state index is 12.5. The smallest absolute Gasteiger partial charge is 0.266 e. The molecule has 0 unspecified atom stereocenters. The lowest BCUT2D eigenvalue weighted by molar-refractivity contribution is 0.149. The van der Waals surface area contributed by atoms with E-state index < -0.39 is 25.9 Å². The molecule has 1 rings (SSSR count). The molecule has 0 atom stereocenters. The summed E-state index contributed by atoms with van der Waals surface area (Å²) in [6, 6.07) is 0.725. The molecule has 16 heavy (non-hydrogen) atoms. The van der Waals surface area contributed by atoms with Gasteiger partial charge < -0.3 is 4.74 Å². The van der Waals surface area contributed by atoms with Crippen molar-refractivity contribution in [2.24, 2.45) is 0 Å². The van der Waals surface area contributed by atoms with Crippen LogP contribution in [0.3, 0.4) is 0 Å². The minimum absolute atomic E-state index is 0.191. The van der Waals surface area contributed by atoms with Crippen molar-refractivity contribution < 1.29 is 21.9 Å². The topological polar surface area (TPSA) is 56.3 Å². The molecule has 0 saturated carbocycles. The molecule has 0 fully saturated rings. The Hall–Kier alpha value is -0.470. The normalized spacial score (nSPS) is 11.9. The lowest BCUT2D eigenvalue weighted by Crippen LogP contribution is -2.02. The Morgan fingerprint density at radius 2 is 2.12 bits per heavy atom. The maximum absolute atomic E-state index is 12.5. The van der Waals surface area contributed by atoms with Crippen LogP contribution in [0.2, 0.25) is 0 Å². The number of aromatic nitrogens is 1. The number of rotatable bonds is 3. The number of methoxy groups -OCH3 is 1. The monoisotopic (exact) mass is 335 g/mol. The molecule has 0 aliphatic heterocycles. The van der Waals surface area contributed by atoms with Gasteiger partial charge in [-0.1, -0.05) is 0 Å². The largest absolute Gasteiger partial charge is 0.480 e. The van der Waals surface area contributed by atoms with Crippen LogP contribution in [0.4, 0.5) is 8.78 Å². The van der Waals surface area contributed by atoms with Gasteiger partial charge in [-0.2, -0.15) is 0 Å². The van der Waals surface area contributed by atoms with E-state index in [9.17, 15) is 17.2 Å². The predicted octanol–water partition coefficient (Wildman–Crippen LogP) is 2.72. The third-order valence-corrected chi connectivity index (χ3v) is 3.58. The molecule has 0 aromatic carbocycles. The van der Waals surface area contributed by atoms with Crippen molar-refractivity contribution in [3.05, 3.63) is 16.2 Å². The zero-order valence-corrected chi connectivity index (χ0v) is 10.9. The van der Waals surface area contributed by atoms with Gasteiger partial charge in [0.1, 0.15) is 9.50 Å². The van der Waals surface area contributed by atoms with Gasteiger partial charge in [0.2, 0.25) is 5.88 Å². The molecule has 1 heterocycles. The van der Waals surface area contributed by atoms with Crippen molar-refractivity contribution in [3.63, 3.8) is 0 Å². The fourth-order valence-corrected chi connectivity index (χ4v) is 2.33. The molecular weight excluding hydrogens is 332 g/mol. The number of nitrogens with zero attached hydrogens (tertiary/aromatic N) is 1. The third kappa shape index (κ3) is 2.80. The lowest BCUT2D eigenvalue weighted by Gasteiger charge is -2.08. The summed E-state index contributed by atoms with van der Waals surface area (Å²) in [4.78, 5) is 2.94. The van der Waals surface area contributed by atoms with Gasteiger partial charge >= 0.3 is 0 Å². The van der Waals surface area contributed by atoms with Crippen molar-refractivity contribution in [3.8, 4) is 5.88 Å². The Bertz CT molecular complexity index is 509. The zero-order valence-electron chi connectivity index (χ0n) is 7.75. The van der Waals surface area contributed by atoms with E-state index in [0.29, 0.717) is 0 Å². The lowest BCUT2D eigenvalue weighted by atomic mass is 10.3. The van der Waals surface area contributed by atoms with E-state index in [2.05, 4.69) is 25.7 Å². The van der Waals surface area contributed by atoms with Crippen LogP contribution >= 0.6 is 26.6 Å². The average Bonchev–Trinajstić information content (AvgIpc) is 2.14. The van der Waals surface area contributed by atoms with Crippen LogP contribution in [0.1, 0.15) is 12.0 Å². The summed E-state index contributed by atoms with van der Waals surface area (Å²) in [5, 5.41) is 0. The standard InChI is InChI=1S/C7H5BrClF2NO3S/c1-15-7-4(16(9,13)14)2-3(6(10)11)5(8)12-7/h2,6H,1H3. The van der Waals surface area contributed by atoms with E-state index in [1.54, 1.807) is 0 Å². The van der Waals surface area contributed by atoms with E-state index in [-0.39, 0.29) is 10.5 Å². The predicted molar refractivity (Wildman–Crippen MR) is 56.5 cm³/mol. The summed E-state index contributed by atoms with van der Waals surface area (Å²) < 4.78 is 51.6. The Labute approximate surface area is 103 Å². The summed E-state index contributed by atoms with van der Waals surface area (Å²) in [5.74, 6) is -0.341. The Kier molecular flexibility index (Phi) is 4.08. The molecule has 90 valence electrons. The Balaban J connectivity index is 3.53. The van der Waals surface area contributed by atoms with E-state index in [0.717, 1.165) is 13.2 Å². The fourth-order valence-electron chi connectivity index (χ4n) is 0.945. The van der Waals surface area contributed by atoms with Gasteiger partial charge in [-0.25, -0.2) is 22.2 Å². The van der Waals surface area contributed by atoms with Crippen LogP contribution in [-0.2, 0) is 9.05 Å². The first kappa shape index (κ1) is 13.6. The molecule has 9 heteroatoms. The number of ether oxygens (including phenoxy) is 1. The minimum Gasteiger partial charge on any atom is -0.480 e. The molecule has 4 nitrogen and oxygen atoms in total. The minimum atomic E-state index is -4.19. The number of hydrogen-bond acceptors (Lipinski definition) is 4. The van der Waals surface area contributed by atoms with Crippen molar-refractivity contribution in [2.75, 3.05) is 7.11 Å². The summed E-state index contributed by atoms with van der Waals surface area (Å²) in [5.41, 5.74) is -0.569. The highest BCUT2D eigenvalue weighted by Crippen LogP contribution is 2.34. The number of pyridine rings is 1. The van der Waals surface area contributed by atoms with Gasteiger partial charge in [0.05, 0.1) is 12.7 Å². The second kappa shape index (κ2) is 4.80. The van der Waals surface area contributed by atoms with Crippen molar-refractivity contribution >= 4 is 35.7 Å². The molecule has 0 aliphatic rings. The highest BCUT2D eigenvalue weighted by Gasteiger charge is 2.24. The van der Waals surface area contributed by atoms with Crippen molar-refractivity contribution in [1.29, 1.82) is 0 Å². The van der Waals surface area contributed by atoms with Crippen LogP contribution in [-0.4, -0.2) is 20.5 Å². The highest BCUT2D eigenvalue weighted by atomic mass is 79.9. The number of hydrogen-bond donors (Lipinski definition) is 0. The van der Waals surface area contributed by atoms with Gasteiger partial charge in [-0.05, 0) is 22.0 Å². The van der Waals surface area contributed by atoms with Gasteiger partial charge in [-0.3, -0.25) is 0 Å². The molecule has 0 aliphatic carbocycles. The highest BCUT2D eigenvalue weighted by molar-refractivity contribution is 9.10. The quantitative estimate of drug-likeness (QED) is 0.629. The molecule has 0 spiro atoms. The summed E-state index contributed by atoms with van der Waals surface area (Å²) in [7, 11) is 2.03. The van der Waals surface area contributed by atoms with Gasteiger partial charge in [-0.15, -0.1) is 0 Å². The van der Waals surface area contributed by atoms with Gasteiger partial charge in [0.25, 0.3) is 15.5 Å². The molecule has 0 N–H and O–H groups in total. The molecule has 1 aromatic heterocycles. The molecular formula is C7H5BrClF2NO3S. The SMILES string of the molecule is COc1nc(Br)c(C(F)F)cc1S(=O)(=O)Cl. The first-order chi connectivity index (χ1) is 7.27. The third-order valence-electron chi connectivity index (χ3n) is 1.63. The summed E-state index contributed by atoms with van der Waals surface area (Å²) in [6.45, 7) is 0. The molecule has 0 bridgehead atoms. The summed E-state index contributed by atoms with van der Waals surface area (Å²) in [6.07, 6.45) is -2.87. The van der Waals surface area contributed by atoms with E-state index in [4.69, 9.17) is 10.7 Å². The average molecular weight is 337 g/mol. The second-order valence-corrected chi connectivity index (χ2v) is 5.90. The Morgan fingerprint density at radius 3 is 2.50 bits per heavy atom. The second-order valence-electron chi connectivity index (χ2n) is 2.61.